The molecule has 0 amide bonds. The fourth-order valence-corrected chi connectivity index (χ4v) is 1.66. The van der Waals surface area contributed by atoms with Gasteiger partial charge in [0.15, 0.2) is 0 Å². The molecule has 0 saturated heterocycles. The van der Waals surface area contributed by atoms with Gasteiger partial charge in [0.1, 0.15) is 6.07 Å². The number of hydrogen-bond acceptors (Lipinski definition) is 3. The van der Waals surface area contributed by atoms with Crippen molar-refractivity contribution in [2.45, 2.75) is 26.3 Å². The van der Waals surface area contributed by atoms with E-state index in [4.69, 9.17) is 11.0 Å². The molecule has 3 nitrogen and oxygen atoms in total. The third kappa shape index (κ3) is 1.89. The second-order valence-corrected chi connectivity index (χ2v) is 4.80. The van der Waals surface area contributed by atoms with Gasteiger partial charge in [-0.15, -0.1) is 0 Å². The molecule has 2 rings (SSSR count). The van der Waals surface area contributed by atoms with Crippen LogP contribution in [0.3, 0.4) is 0 Å². The lowest BCUT2D eigenvalue weighted by molar-refractivity contribution is 0.630. The molecule has 3 heteroatoms. The summed E-state index contributed by atoms with van der Waals surface area (Å²) in [7, 11) is 0. The van der Waals surface area contributed by atoms with Gasteiger partial charge in [-0.2, -0.15) is 5.26 Å². The topological polar surface area (TPSA) is 61.8 Å². The third-order valence-corrected chi connectivity index (χ3v) is 3.03. The summed E-state index contributed by atoms with van der Waals surface area (Å²) >= 11 is 0. The zero-order valence-electron chi connectivity index (χ0n) is 9.04. The van der Waals surface area contributed by atoms with E-state index in [1.54, 1.807) is 6.07 Å². The average molecular weight is 201 g/mol. The Balaban J connectivity index is 2.14. The number of benzene rings is 1. The Kier molecular flexibility index (Phi) is 2.08. The second kappa shape index (κ2) is 3.16. The van der Waals surface area contributed by atoms with Gasteiger partial charge in [-0.05, 0) is 30.0 Å². The lowest BCUT2D eigenvalue weighted by Gasteiger charge is -2.09. The third-order valence-electron chi connectivity index (χ3n) is 3.03. The quantitative estimate of drug-likeness (QED) is 0.722. The Labute approximate surface area is 89.9 Å². The Morgan fingerprint density at radius 3 is 2.73 bits per heavy atom. The van der Waals surface area contributed by atoms with Crippen molar-refractivity contribution in [1.82, 2.24) is 0 Å². The van der Waals surface area contributed by atoms with E-state index in [0.717, 1.165) is 5.69 Å². The van der Waals surface area contributed by atoms with Gasteiger partial charge < -0.3 is 11.1 Å². The predicted octanol–water partition coefficient (Wildman–Crippen LogP) is 2.35. The van der Waals surface area contributed by atoms with E-state index in [0.29, 0.717) is 22.7 Å². The minimum atomic E-state index is 0.383. The maximum atomic E-state index is 8.84. The first-order chi connectivity index (χ1) is 7.03. The number of nitrogens with zero attached hydrogens (tertiary/aromatic N) is 1. The van der Waals surface area contributed by atoms with Gasteiger partial charge in [-0.25, -0.2) is 0 Å². The number of nitriles is 1. The Morgan fingerprint density at radius 1 is 1.53 bits per heavy atom. The summed E-state index contributed by atoms with van der Waals surface area (Å²) in [5.41, 5.74) is 8.10. The van der Waals surface area contributed by atoms with Crippen molar-refractivity contribution in [3.8, 4) is 6.07 Å². The normalized spacial score (nSPS) is 21.8. The van der Waals surface area contributed by atoms with E-state index in [2.05, 4.69) is 25.2 Å². The smallest absolute Gasteiger partial charge is 0.101 e. The summed E-state index contributed by atoms with van der Waals surface area (Å²) in [6, 6.07) is 8.11. The predicted molar refractivity (Wildman–Crippen MR) is 61.4 cm³/mol. The summed E-state index contributed by atoms with van der Waals surface area (Å²) in [5, 5.41) is 12.2. The van der Waals surface area contributed by atoms with Crippen LogP contribution in [0.5, 0.6) is 0 Å². The molecule has 1 aromatic rings. The van der Waals surface area contributed by atoms with Crippen LogP contribution in [0.1, 0.15) is 25.8 Å². The van der Waals surface area contributed by atoms with E-state index in [-0.39, 0.29) is 0 Å². The minimum Gasteiger partial charge on any atom is -0.398 e. The molecule has 0 bridgehead atoms. The zero-order valence-corrected chi connectivity index (χ0v) is 9.04. The first kappa shape index (κ1) is 9.85. The largest absolute Gasteiger partial charge is 0.398 e. The second-order valence-electron chi connectivity index (χ2n) is 4.80. The van der Waals surface area contributed by atoms with Crippen molar-refractivity contribution in [2.75, 3.05) is 11.1 Å². The molecule has 0 aromatic heterocycles. The van der Waals surface area contributed by atoms with Crippen LogP contribution >= 0.6 is 0 Å². The van der Waals surface area contributed by atoms with Crippen molar-refractivity contribution in [3.05, 3.63) is 23.8 Å². The first-order valence-corrected chi connectivity index (χ1v) is 5.09. The molecule has 0 heterocycles. The molecule has 1 aliphatic rings. The lowest BCUT2D eigenvalue weighted by atomic mass is 10.1. The molecule has 1 unspecified atom stereocenters. The Bertz CT molecular complexity index is 429. The van der Waals surface area contributed by atoms with Gasteiger partial charge in [0.25, 0.3) is 0 Å². The molecule has 1 aromatic carbocycles. The summed E-state index contributed by atoms with van der Waals surface area (Å²) in [6.45, 7) is 4.46. The van der Waals surface area contributed by atoms with E-state index >= 15 is 0 Å². The molecule has 1 aliphatic carbocycles. The molecule has 1 saturated carbocycles. The standard InChI is InChI=1S/C12H15N3/c1-12(2)6-11(12)15-9-3-4-10(14)8(5-9)7-13/h3-5,11,15H,6,14H2,1-2H3. The maximum Gasteiger partial charge on any atom is 0.101 e. The van der Waals surface area contributed by atoms with Crippen LogP contribution in [0, 0.1) is 16.7 Å². The highest BCUT2D eigenvalue weighted by molar-refractivity contribution is 5.62. The molecule has 0 spiro atoms. The maximum absolute atomic E-state index is 8.84. The molecule has 0 aliphatic heterocycles. The highest BCUT2D eigenvalue weighted by atomic mass is 15.0. The number of nitrogen functional groups attached to an aromatic ring is 1. The van der Waals surface area contributed by atoms with Crippen molar-refractivity contribution in [1.29, 1.82) is 5.26 Å². The van der Waals surface area contributed by atoms with Gasteiger partial charge in [0.2, 0.25) is 0 Å². The number of nitrogens with one attached hydrogen (secondary N) is 1. The van der Waals surface area contributed by atoms with Crippen molar-refractivity contribution >= 4 is 11.4 Å². The number of anilines is 2. The Morgan fingerprint density at radius 2 is 2.20 bits per heavy atom. The highest BCUT2D eigenvalue weighted by Crippen LogP contribution is 2.46. The van der Waals surface area contributed by atoms with Crippen LogP contribution in [-0.2, 0) is 0 Å². The average Bonchev–Trinajstić information content (AvgIpc) is 2.77. The number of hydrogen-bond donors (Lipinski definition) is 2. The van der Waals surface area contributed by atoms with Gasteiger partial charge in [0, 0.05) is 17.4 Å². The molecule has 0 radical (unpaired) electrons. The number of nitrogens with two attached hydrogens (primary N) is 1. The number of rotatable bonds is 2. The molecule has 3 N–H and O–H groups in total. The van der Waals surface area contributed by atoms with Gasteiger partial charge in [-0.1, -0.05) is 13.8 Å². The van der Waals surface area contributed by atoms with Gasteiger partial charge >= 0.3 is 0 Å². The molecular weight excluding hydrogens is 186 g/mol. The van der Waals surface area contributed by atoms with Crippen LogP contribution in [0.15, 0.2) is 18.2 Å². The molecule has 1 atom stereocenters. The van der Waals surface area contributed by atoms with E-state index in [1.807, 2.05) is 12.1 Å². The molecular formula is C12H15N3. The van der Waals surface area contributed by atoms with E-state index in [1.165, 1.54) is 6.42 Å². The minimum absolute atomic E-state index is 0.383. The van der Waals surface area contributed by atoms with Crippen LogP contribution < -0.4 is 11.1 Å². The van der Waals surface area contributed by atoms with Crippen molar-refractivity contribution in [2.24, 2.45) is 5.41 Å². The summed E-state index contributed by atoms with van der Waals surface area (Å²) in [5.74, 6) is 0. The lowest BCUT2D eigenvalue weighted by Crippen LogP contribution is -2.08. The summed E-state index contributed by atoms with van der Waals surface area (Å²) in [6.07, 6.45) is 1.18. The molecule has 15 heavy (non-hydrogen) atoms. The highest BCUT2D eigenvalue weighted by Gasteiger charge is 2.45. The van der Waals surface area contributed by atoms with Crippen LogP contribution in [0.2, 0.25) is 0 Å². The van der Waals surface area contributed by atoms with Crippen LogP contribution in [0.4, 0.5) is 11.4 Å². The Hall–Kier alpha value is -1.69. The van der Waals surface area contributed by atoms with Crippen molar-refractivity contribution in [3.63, 3.8) is 0 Å². The summed E-state index contributed by atoms with van der Waals surface area (Å²) < 4.78 is 0. The van der Waals surface area contributed by atoms with Crippen molar-refractivity contribution < 1.29 is 0 Å². The fraction of sp³-hybridized carbons (Fsp3) is 0.417. The molecule has 78 valence electrons. The molecule has 1 fully saturated rings. The SMILES string of the molecule is CC1(C)CC1Nc1ccc(N)c(C#N)c1. The summed E-state index contributed by atoms with van der Waals surface area (Å²) in [4.78, 5) is 0. The first-order valence-electron chi connectivity index (χ1n) is 5.09. The van der Waals surface area contributed by atoms with Gasteiger partial charge in [-0.3, -0.25) is 0 Å². The van der Waals surface area contributed by atoms with Gasteiger partial charge in [0.05, 0.1) is 5.56 Å². The fourth-order valence-electron chi connectivity index (χ4n) is 1.66. The zero-order chi connectivity index (χ0) is 11.1. The van der Waals surface area contributed by atoms with E-state index < -0.39 is 0 Å². The van der Waals surface area contributed by atoms with Crippen LogP contribution in [-0.4, -0.2) is 6.04 Å². The van der Waals surface area contributed by atoms with Crippen LogP contribution in [0.25, 0.3) is 0 Å². The monoisotopic (exact) mass is 201 g/mol. The van der Waals surface area contributed by atoms with E-state index in [9.17, 15) is 0 Å².